The summed E-state index contributed by atoms with van der Waals surface area (Å²) in [5, 5.41) is 5.12. The highest BCUT2D eigenvalue weighted by Gasteiger charge is 2.38. The van der Waals surface area contributed by atoms with Crippen LogP contribution < -0.4 is 4.90 Å². The third kappa shape index (κ3) is 3.92. The minimum atomic E-state index is -0.0894. The van der Waals surface area contributed by atoms with Gasteiger partial charge in [-0.1, -0.05) is 135 Å². The topological polar surface area (TPSA) is 3.24 Å². The van der Waals surface area contributed by atoms with Gasteiger partial charge in [-0.25, -0.2) is 0 Å². The maximum Gasteiger partial charge on any atom is 0.0633 e. The Morgan fingerprint density at radius 3 is 2.04 bits per heavy atom. The van der Waals surface area contributed by atoms with E-state index in [1.165, 1.54) is 75.7 Å². The second kappa shape index (κ2) is 9.92. The van der Waals surface area contributed by atoms with Crippen molar-refractivity contribution in [2.45, 2.75) is 19.3 Å². The fourth-order valence-electron chi connectivity index (χ4n) is 7.50. The van der Waals surface area contributed by atoms with Crippen molar-refractivity contribution in [3.63, 3.8) is 0 Å². The van der Waals surface area contributed by atoms with Crippen molar-refractivity contribution in [2.24, 2.45) is 0 Å². The zero-order chi connectivity index (χ0) is 30.1. The Morgan fingerprint density at radius 1 is 0.533 bits per heavy atom. The standard InChI is InChI=1S/C43H31NS/c1-43(2)35-19-10-8-17-33(35)40-36(43)20-12-21-37(40)44(31-25-23-29(24-26-31)28-13-4-3-5-14-28)42-32-16-7-6-15-30(32)27-39-41(42)34-18-9-11-22-38(34)45-39/h3-27H,1-2H3. The number of hydrogen-bond acceptors (Lipinski definition) is 2. The van der Waals surface area contributed by atoms with Crippen LogP contribution in [0, 0.1) is 0 Å². The Bertz CT molecular complexity index is 2400. The first-order valence-electron chi connectivity index (χ1n) is 15.6. The molecule has 1 aliphatic rings. The fraction of sp³-hybridized carbons (Fsp3) is 0.0698. The number of rotatable bonds is 4. The minimum absolute atomic E-state index is 0.0894. The molecule has 0 radical (unpaired) electrons. The van der Waals surface area contributed by atoms with Gasteiger partial charge in [-0.3, -0.25) is 0 Å². The van der Waals surface area contributed by atoms with Crippen LogP contribution >= 0.6 is 11.3 Å². The van der Waals surface area contributed by atoms with Crippen molar-refractivity contribution in [3.05, 3.63) is 163 Å². The summed E-state index contributed by atoms with van der Waals surface area (Å²) in [7, 11) is 0. The second-order valence-corrected chi connectivity index (χ2v) is 13.6. The largest absolute Gasteiger partial charge is 0.309 e. The highest BCUT2D eigenvalue weighted by Crippen LogP contribution is 2.56. The summed E-state index contributed by atoms with van der Waals surface area (Å²) in [6.45, 7) is 4.73. The van der Waals surface area contributed by atoms with E-state index in [4.69, 9.17) is 0 Å². The highest BCUT2D eigenvalue weighted by molar-refractivity contribution is 7.26. The molecule has 45 heavy (non-hydrogen) atoms. The molecule has 214 valence electrons. The van der Waals surface area contributed by atoms with Gasteiger partial charge in [0, 0.05) is 42.2 Å². The lowest BCUT2D eigenvalue weighted by Crippen LogP contribution is -2.16. The van der Waals surface area contributed by atoms with Crippen LogP contribution in [0.1, 0.15) is 25.0 Å². The molecular formula is C43H31NS. The summed E-state index contributed by atoms with van der Waals surface area (Å²) in [5.41, 5.74) is 11.4. The normalized spacial score (nSPS) is 13.3. The molecule has 1 heterocycles. The van der Waals surface area contributed by atoms with Crippen molar-refractivity contribution in [1.82, 2.24) is 0 Å². The van der Waals surface area contributed by atoms with Crippen molar-refractivity contribution in [2.75, 3.05) is 4.90 Å². The summed E-state index contributed by atoms with van der Waals surface area (Å²) in [5.74, 6) is 0. The van der Waals surface area contributed by atoms with Crippen LogP contribution in [0.15, 0.2) is 152 Å². The number of benzene rings is 7. The van der Waals surface area contributed by atoms with E-state index < -0.39 is 0 Å². The molecule has 0 fully saturated rings. The van der Waals surface area contributed by atoms with E-state index in [0.29, 0.717) is 0 Å². The van der Waals surface area contributed by atoms with Crippen molar-refractivity contribution in [3.8, 4) is 22.3 Å². The van der Waals surface area contributed by atoms with Crippen LogP contribution in [0.5, 0.6) is 0 Å². The molecule has 0 saturated heterocycles. The van der Waals surface area contributed by atoms with Crippen molar-refractivity contribution in [1.29, 1.82) is 0 Å². The van der Waals surface area contributed by atoms with E-state index >= 15 is 0 Å². The molecule has 1 aliphatic carbocycles. The smallest absolute Gasteiger partial charge is 0.0633 e. The van der Waals surface area contributed by atoms with Gasteiger partial charge in [0.05, 0.1) is 11.4 Å². The summed E-state index contributed by atoms with van der Waals surface area (Å²) in [4.78, 5) is 2.55. The van der Waals surface area contributed by atoms with Crippen LogP contribution in [-0.2, 0) is 5.41 Å². The Labute approximate surface area is 267 Å². The molecule has 0 aliphatic heterocycles. The SMILES string of the molecule is CC1(C)c2ccccc2-c2c(N(c3ccc(-c4ccccc4)cc3)c3c4ccccc4cc4sc5ccccc5c34)cccc21. The number of nitrogens with zero attached hydrogens (tertiary/aromatic N) is 1. The first-order valence-corrected chi connectivity index (χ1v) is 16.4. The van der Waals surface area contributed by atoms with Gasteiger partial charge < -0.3 is 4.90 Å². The zero-order valence-corrected chi connectivity index (χ0v) is 26.1. The third-order valence-corrected chi connectivity index (χ3v) is 10.8. The van der Waals surface area contributed by atoms with Crippen LogP contribution in [-0.4, -0.2) is 0 Å². The van der Waals surface area contributed by atoms with Crippen LogP contribution in [0.25, 0.3) is 53.2 Å². The van der Waals surface area contributed by atoms with Crippen LogP contribution in [0.4, 0.5) is 17.1 Å². The van der Waals surface area contributed by atoms with Gasteiger partial charge in [0.15, 0.2) is 0 Å². The number of fused-ring (bicyclic) bond motifs is 7. The molecule has 0 saturated carbocycles. The van der Waals surface area contributed by atoms with Gasteiger partial charge in [0.2, 0.25) is 0 Å². The highest BCUT2D eigenvalue weighted by atomic mass is 32.1. The maximum atomic E-state index is 2.55. The van der Waals surface area contributed by atoms with Gasteiger partial charge in [0.1, 0.15) is 0 Å². The lowest BCUT2D eigenvalue weighted by molar-refractivity contribution is 0.660. The molecule has 0 bridgehead atoms. The maximum absolute atomic E-state index is 2.55. The molecule has 0 spiro atoms. The Balaban J connectivity index is 1.41. The minimum Gasteiger partial charge on any atom is -0.309 e. The molecule has 0 amide bonds. The second-order valence-electron chi connectivity index (χ2n) is 12.5. The average molecular weight is 594 g/mol. The molecule has 0 atom stereocenters. The number of thiophene rings is 1. The zero-order valence-electron chi connectivity index (χ0n) is 25.3. The Kier molecular flexibility index (Phi) is 5.78. The molecule has 1 nitrogen and oxygen atoms in total. The number of hydrogen-bond donors (Lipinski definition) is 0. The van der Waals surface area contributed by atoms with Crippen LogP contribution in [0.3, 0.4) is 0 Å². The van der Waals surface area contributed by atoms with E-state index in [1.807, 2.05) is 11.3 Å². The quantitative estimate of drug-likeness (QED) is 0.196. The monoisotopic (exact) mass is 593 g/mol. The van der Waals surface area contributed by atoms with Gasteiger partial charge in [0.25, 0.3) is 0 Å². The lowest BCUT2D eigenvalue weighted by Gasteiger charge is -2.31. The van der Waals surface area contributed by atoms with E-state index in [9.17, 15) is 0 Å². The Morgan fingerprint density at radius 2 is 1.20 bits per heavy atom. The molecule has 0 unspecified atom stereocenters. The summed E-state index contributed by atoms with van der Waals surface area (Å²) >= 11 is 1.89. The molecule has 8 aromatic rings. The van der Waals surface area contributed by atoms with Crippen LogP contribution in [0.2, 0.25) is 0 Å². The predicted octanol–water partition coefficient (Wildman–Crippen LogP) is 12.7. The van der Waals surface area contributed by atoms with Crippen molar-refractivity contribution < 1.29 is 0 Å². The average Bonchev–Trinajstić information content (AvgIpc) is 3.57. The third-order valence-electron chi connectivity index (χ3n) is 9.64. The molecule has 0 N–H and O–H groups in total. The lowest BCUT2D eigenvalue weighted by atomic mass is 9.82. The van der Waals surface area contributed by atoms with Crippen molar-refractivity contribution >= 4 is 59.3 Å². The summed E-state index contributed by atoms with van der Waals surface area (Å²) in [6, 6.07) is 55.8. The predicted molar refractivity (Wildman–Crippen MR) is 195 cm³/mol. The Hall–Kier alpha value is -5.18. The first-order chi connectivity index (χ1) is 22.1. The summed E-state index contributed by atoms with van der Waals surface area (Å²) < 4.78 is 2.62. The van der Waals surface area contributed by atoms with Gasteiger partial charge in [-0.15, -0.1) is 11.3 Å². The van der Waals surface area contributed by atoms with Gasteiger partial charge in [-0.2, -0.15) is 0 Å². The fourth-order valence-corrected chi connectivity index (χ4v) is 8.66. The summed E-state index contributed by atoms with van der Waals surface area (Å²) in [6.07, 6.45) is 0. The van der Waals surface area contributed by atoms with Gasteiger partial charge >= 0.3 is 0 Å². The van der Waals surface area contributed by atoms with E-state index in [0.717, 1.165) is 5.69 Å². The van der Waals surface area contributed by atoms with E-state index in [-0.39, 0.29) is 5.41 Å². The molecule has 2 heteroatoms. The molecule has 7 aromatic carbocycles. The number of anilines is 3. The van der Waals surface area contributed by atoms with E-state index in [1.54, 1.807) is 0 Å². The first kappa shape index (κ1) is 26.2. The van der Waals surface area contributed by atoms with E-state index in [2.05, 4.69) is 170 Å². The molecule has 9 rings (SSSR count). The van der Waals surface area contributed by atoms with Gasteiger partial charge in [-0.05, 0) is 63.5 Å². The molecule has 1 aromatic heterocycles. The molecular weight excluding hydrogens is 563 g/mol.